The van der Waals surface area contributed by atoms with E-state index in [4.69, 9.17) is 4.74 Å². The van der Waals surface area contributed by atoms with Crippen LogP contribution in [0.5, 0.6) is 5.75 Å². The first kappa shape index (κ1) is 14.4. The molecule has 2 N–H and O–H groups in total. The van der Waals surface area contributed by atoms with E-state index >= 15 is 0 Å². The van der Waals surface area contributed by atoms with Crippen molar-refractivity contribution in [3.63, 3.8) is 0 Å². The zero-order valence-corrected chi connectivity index (χ0v) is 11.8. The van der Waals surface area contributed by atoms with Gasteiger partial charge in [-0.15, -0.1) is 0 Å². The second-order valence-electron chi connectivity index (χ2n) is 5.29. The standard InChI is InChI=1S/C16H25NO2/c1-2-19-15-8-5-13(6-9-15)7-10-16(18)14-4-3-11-17-12-14/h5-6,8-9,14,16-18H,2-4,7,10-12H2,1H3. The molecule has 0 amide bonds. The third kappa shape index (κ3) is 4.51. The minimum atomic E-state index is -0.181. The Hall–Kier alpha value is -1.06. The molecule has 1 saturated heterocycles. The van der Waals surface area contributed by atoms with Gasteiger partial charge in [0.1, 0.15) is 5.75 Å². The summed E-state index contributed by atoms with van der Waals surface area (Å²) >= 11 is 0. The number of nitrogens with one attached hydrogen (secondary N) is 1. The van der Waals surface area contributed by atoms with Gasteiger partial charge >= 0.3 is 0 Å². The lowest BCUT2D eigenvalue weighted by molar-refractivity contribution is 0.0844. The van der Waals surface area contributed by atoms with Crippen LogP contribution in [-0.2, 0) is 6.42 Å². The zero-order chi connectivity index (χ0) is 13.5. The van der Waals surface area contributed by atoms with E-state index in [2.05, 4.69) is 17.4 Å². The van der Waals surface area contributed by atoms with Crippen LogP contribution in [0.2, 0.25) is 0 Å². The van der Waals surface area contributed by atoms with Gasteiger partial charge in [0.2, 0.25) is 0 Å². The highest BCUT2D eigenvalue weighted by atomic mass is 16.5. The van der Waals surface area contributed by atoms with Gasteiger partial charge in [0.15, 0.2) is 0 Å². The minimum absolute atomic E-state index is 0.181. The Morgan fingerprint density at radius 3 is 2.79 bits per heavy atom. The summed E-state index contributed by atoms with van der Waals surface area (Å²) in [5, 5.41) is 13.6. The number of hydrogen-bond acceptors (Lipinski definition) is 3. The first-order valence-corrected chi connectivity index (χ1v) is 7.40. The summed E-state index contributed by atoms with van der Waals surface area (Å²) in [6, 6.07) is 8.20. The molecule has 1 aliphatic rings. The number of aryl methyl sites for hydroxylation is 1. The summed E-state index contributed by atoms with van der Waals surface area (Å²) in [5.74, 6) is 1.35. The lowest BCUT2D eigenvalue weighted by Gasteiger charge is -2.27. The fourth-order valence-corrected chi connectivity index (χ4v) is 2.68. The Bertz CT molecular complexity index is 358. The number of benzene rings is 1. The van der Waals surface area contributed by atoms with Gasteiger partial charge < -0.3 is 15.2 Å². The molecule has 1 fully saturated rings. The maximum Gasteiger partial charge on any atom is 0.119 e. The van der Waals surface area contributed by atoms with Gasteiger partial charge in [-0.3, -0.25) is 0 Å². The van der Waals surface area contributed by atoms with Crippen LogP contribution in [-0.4, -0.2) is 30.9 Å². The predicted molar refractivity (Wildman–Crippen MR) is 77.5 cm³/mol. The van der Waals surface area contributed by atoms with Crippen LogP contribution in [0.3, 0.4) is 0 Å². The van der Waals surface area contributed by atoms with Gasteiger partial charge in [0.25, 0.3) is 0 Å². The second kappa shape index (κ2) is 7.51. The van der Waals surface area contributed by atoms with E-state index in [1.807, 2.05) is 19.1 Å². The molecule has 0 aliphatic carbocycles. The van der Waals surface area contributed by atoms with E-state index in [1.54, 1.807) is 0 Å². The number of ether oxygens (including phenoxy) is 1. The second-order valence-corrected chi connectivity index (χ2v) is 5.29. The number of aliphatic hydroxyl groups is 1. The van der Waals surface area contributed by atoms with E-state index < -0.39 is 0 Å². The van der Waals surface area contributed by atoms with Gasteiger partial charge in [-0.2, -0.15) is 0 Å². The van der Waals surface area contributed by atoms with Gasteiger partial charge in [0.05, 0.1) is 12.7 Å². The number of aliphatic hydroxyl groups excluding tert-OH is 1. The molecule has 2 atom stereocenters. The Labute approximate surface area is 116 Å². The predicted octanol–water partition coefficient (Wildman–Crippen LogP) is 2.38. The number of piperidine rings is 1. The van der Waals surface area contributed by atoms with Gasteiger partial charge in [-0.25, -0.2) is 0 Å². The molecular weight excluding hydrogens is 238 g/mol. The topological polar surface area (TPSA) is 41.5 Å². The maximum absolute atomic E-state index is 10.2. The number of rotatable bonds is 6. The van der Waals surface area contributed by atoms with Crippen molar-refractivity contribution in [2.24, 2.45) is 5.92 Å². The molecule has 1 aromatic carbocycles. The molecule has 0 saturated carbocycles. The molecule has 0 bridgehead atoms. The van der Waals surface area contributed by atoms with Gasteiger partial charge in [-0.05, 0) is 62.8 Å². The summed E-state index contributed by atoms with van der Waals surface area (Å²) in [6.07, 6.45) is 3.94. The van der Waals surface area contributed by atoms with Crippen molar-refractivity contribution in [3.8, 4) is 5.75 Å². The van der Waals surface area contributed by atoms with Crippen molar-refractivity contribution >= 4 is 0 Å². The molecule has 1 heterocycles. The third-order valence-electron chi connectivity index (χ3n) is 3.84. The van der Waals surface area contributed by atoms with E-state index in [0.717, 1.165) is 38.1 Å². The van der Waals surface area contributed by atoms with Gasteiger partial charge in [-0.1, -0.05) is 12.1 Å². The molecule has 0 spiro atoms. The number of hydrogen-bond donors (Lipinski definition) is 2. The van der Waals surface area contributed by atoms with Crippen molar-refractivity contribution in [1.82, 2.24) is 5.32 Å². The fraction of sp³-hybridized carbons (Fsp3) is 0.625. The van der Waals surface area contributed by atoms with Crippen LogP contribution in [0.15, 0.2) is 24.3 Å². The highest BCUT2D eigenvalue weighted by Crippen LogP contribution is 2.19. The summed E-state index contributed by atoms with van der Waals surface area (Å²) < 4.78 is 5.42. The molecule has 3 heteroatoms. The van der Waals surface area contributed by atoms with Crippen molar-refractivity contribution in [2.45, 2.75) is 38.7 Å². The summed E-state index contributed by atoms with van der Waals surface area (Å²) in [5.41, 5.74) is 1.27. The molecule has 1 aromatic rings. The molecule has 19 heavy (non-hydrogen) atoms. The third-order valence-corrected chi connectivity index (χ3v) is 3.84. The molecule has 1 aliphatic heterocycles. The molecular formula is C16H25NO2. The van der Waals surface area contributed by atoms with Crippen LogP contribution in [0, 0.1) is 5.92 Å². The Morgan fingerprint density at radius 2 is 2.16 bits per heavy atom. The average molecular weight is 263 g/mol. The summed E-state index contributed by atoms with van der Waals surface area (Å²) in [4.78, 5) is 0. The average Bonchev–Trinajstić information content (AvgIpc) is 2.47. The molecule has 106 valence electrons. The van der Waals surface area contributed by atoms with Crippen LogP contribution in [0.4, 0.5) is 0 Å². The molecule has 3 nitrogen and oxygen atoms in total. The first-order chi connectivity index (χ1) is 9.29. The van der Waals surface area contributed by atoms with Crippen molar-refractivity contribution < 1.29 is 9.84 Å². The fourth-order valence-electron chi connectivity index (χ4n) is 2.68. The Balaban J connectivity index is 1.77. The molecule has 0 aromatic heterocycles. The SMILES string of the molecule is CCOc1ccc(CCC(O)C2CCCNC2)cc1. The Kier molecular flexibility index (Phi) is 5.67. The lowest BCUT2D eigenvalue weighted by atomic mass is 9.90. The van der Waals surface area contributed by atoms with Crippen molar-refractivity contribution in [3.05, 3.63) is 29.8 Å². The highest BCUT2D eigenvalue weighted by molar-refractivity contribution is 5.27. The largest absolute Gasteiger partial charge is 0.494 e. The van der Waals surface area contributed by atoms with Gasteiger partial charge in [0, 0.05) is 6.54 Å². The minimum Gasteiger partial charge on any atom is -0.494 e. The van der Waals surface area contributed by atoms with Crippen LogP contribution in [0.25, 0.3) is 0 Å². The van der Waals surface area contributed by atoms with E-state index in [-0.39, 0.29) is 6.10 Å². The van der Waals surface area contributed by atoms with Crippen LogP contribution in [0.1, 0.15) is 31.7 Å². The normalized spacial score (nSPS) is 21.1. The highest BCUT2D eigenvalue weighted by Gasteiger charge is 2.20. The van der Waals surface area contributed by atoms with Crippen LogP contribution < -0.4 is 10.1 Å². The Morgan fingerprint density at radius 1 is 1.37 bits per heavy atom. The molecule has 0 radical (unpaired) electrons. The van der Waals surface area contributed by atoms with E-state index in [0.29, 0.717) is 12.5 Å². The monoisotopic (exact) mass is 263 g/mol. The molecule has 2 rings (SSSR count). The van der Waals surface area contributed by atoms with E-state index in [9.17, 15) is 5.11 Å². The zero-order valence-electron chi connectivity index (χ0n) is 11.8. The van der Waals surface area contributed by atoms with Crippen LogP contribution >= 0.6 is 0 Å². The van der Waals surface area contributed by atoms with E-state index in [1.165, 1.54) is 12.0 Å². The smallest absolute Gasteiger partial charge is 0.119 e. The maximum atomic E-state index is 10.2. The molecule has 2 unspecified atom stereocenters. The summed E-state index contributed by atoms with van der Waals surface area (Å²) in [6.45, 7) is 4.75. The first-order valence-electron chi connectivity index (χ1n) is 7.40. The quantitative estimate of drug-likeness (QED) is 0.828. The lowest BCUT2D eigenvalue weighted by Crippen LogP contribution is -2.36. The summed E-state index contributed by atoms with van der Waals surface area (Å²) in [7, 11) is 0. The van der Waals surface area contributed by atoms with Crippen molar-refractivity contribution in [1.29, 1.82) is 0 Å². The van der Waals surface area contributed by atoms with Crippen molar-refractivity contribution in [2.75, 3.05) is 19.7 Å².